The van der Waals surface area contributed by atoms with E-state index in [0.717, 1.165) is 6.42 Å². The van der Waals surface area contributed by atoms with Crippen molar-refractivity contribution >= 4 is 11.9 Å². The van der Waals surface area contributed by atoms with E-state index in [9.17, 15) is 9.59 Å². The Bertz CT molecular complexity index is 303. The molecule has 0 radical (unpaired) electrons. The highest BCUT2D eigenvalue weighted by Crippen LogP contribution is 2.28. The van der Waals surface area contributed by atoms with E-state index in [0.29, 0.717) is 12.3 Å². The van der Waals surface area contributed by atoms with Crippen LogP contribution in [0.25, 0.3) is 0 Å². The fraction of sp³-hybridized carbons (Fsp3) is 0.833. The Balaban J connectivity index is 2.50. The summed E-state index contributed by atoms with van der Waals surface area (Å²) < 4.78 is 5.16. The zero-order valence-corrected chi connectivity index (χ0v) is 10.7. The van der Waals surface area contributed by atoms with Gasteiger partial charge in [0.1, 0.15) is 5.41 Å². The zero-order valence-electron chi connectivity index (χ0n) is 10.7. The molecular weight excluding hydrogens is 222 g/mol. The summed E-state index contributed by atoms with van der Waals surface area (Å²) in [4.78, 5) is 22.8. The average molecular weight is 243 g/mol. The van der Waals surface area contributed by atoms with Crippen molar-refractivity contribution in [3.63, 3.8) is 0 Å². The topological polar surface area (TPSA) is 75.6 Å². The van der Waals surface area contributed by atoms with E-state index < -0.39 is 17.4 Å². The molecule has 17 heavy (non-hydrogen) atoms. The molecule has 1 aliphatic heterocycles. The van der Waals surface area contributed by atoms with Gasteiger partial charge in [0.05, 0.1) is 19.3 Å². The van der Waals surface area contributed by atoms with E-state index in [1.54, 1.807) is 6.92 Å². The second-order valence-electron chi connectivity index (χ2n) is 5.29. The number of carbonyl (C=O) groups is 2. The van der Waals surface area contributed by atoms with Crippen LogP contribution >= 0.6 is 0 Å². The molecule has 0 aromatic heterocycles. The molecule has 0 saturated carbocycles. The number of carboxylic acids is 1. The standard InChI is InChI=1S/C12H21NO4/c1-8(2)4-5-10(14)13-9-6-17-7-12(9,3)11(15)16/h8-9H,4-7H2,1-3H3,(H,13,14)(H,15,16). The van der Waals surface area contributed by atoms with Gasteiger partial charge in [-0.05, 0) is 19.3 Å². The van der Waals surface area contributed by atoms with Crippen LogP contribution in [0.3, 0.4) is 0 Å². The van der Waals surface area contributed by atoms with Crippen LogP contribution in [-0.2, 0) is 14.3 Å². The third-order valence-corrected chi connectivity index (χ3v) is 3.23. The van der Waals surface area contributed by atoms with Crippen molar-refractivity contribution in [1.29, 1.82) is 0 Å². The van der Waals surface area contributed by atoms with Gasteiger partial charge in [-0.25, -0.2) is 0 Å². The molecule has 1 amide bonds. The van der Waals surface area contributed by atoms with Gasteiger partial charge < -0.3 is 15.2 Å². The van der Waals surface area contributed by atoms with Crippen LogP contribution in [-0.4, -0.2) is 36.2 Å². The van der Waals surface area contributed by atoms with E-state index in [4.69, 9.17) is 9.84 Å². The molecule has 1 saturated heterocycles. The molecule has 1 rings (SSSR count). The molecule has 0 aromatic rings. The molecular formula is C12H21NO4. The lowest BCUT2D eigenvalue weighted by atomic mass is 9.85. The van der Waals surface area contributed by atoms with Gasteiger partial charge in [-0.3, -0.25) is 9.59 Å². The molecule has 2 N–H and O–H groups in total. The minimum atomic E-state index is -1.01. The van der Waals surface area contributed by atoms with Gasteiger partial charge in [0.25, 0.3) is 0 Å². The second kappa shape index (κ2) is 5.49. The molecule has 2 unspecified atom stereocenters. The SMILES string of the molecule is CC(C)CCC(=O)NC1COCC1(C)C(=O)O. The van der Waals surface area contributed by atoms with Crippen molar-refractivity contribution in [2.45, 2.75) is 39.7 Å². The maximum atomic E-state index is 11.7. The van der Waals surface area contributed by atoms with Gasteiger partial charge in [0, 0.05) is 6.42 Å². The summed E-state index contributed by atoms with van der Waals surface area (Å²) in [6.07, 6.45) is 1.24. The fourth-order valence-electron chi connectivity index (χ4n) is 1.77. The molecule has 1 fully saturated rings. The normalized spacial score (nSPS) is 28.4. The number of rotatable bonds is 5. The van der Waals surface area contributed by atoms with Crippen LogP contribution in [0.15, 0.2) is 0 Å². The molecule has 98 valence electrons. The number of carboxylic acid groups (broad SMARTS) is 1. The predicted molar refractivity (Wildman–Crippen MR) is 62.6 cm³/mol. The Labute approximate surface area is 102 Å². The number of nitrogens with one attached hydrogen (secondary N) is 1. The number of hydrogen-bond acceptors (Lipinski definition) is 3. The van der Waals surface area contributed by atoms with Gasteiger partial charge in [-0.1, -0.05) is 13.8 Å². The Morgan fingerprint density at radius 1 is 1.53 bits per heavy atom. The highest BCUT2D eigenvalue weighted by molar-refractivity contribution is 5.80. The van der Waals surface area contributed by atoms with E-state index in [1.165, 1.54) is 0 Å². The second-order valence-corrected chi connectivity index (χ2v) is 5.29. The first-order valence-corrected chi connectivity index (χ1v) is 5.96. The van der Waals surface area contributed by atoms with Crippen molar-refractivity contribution in [3.8, 4) is 0 Å². The summed E-state index contributed by atoms with van der Waals surface area (Å²) in [7, 11) is 0. The zero-order chi connectivity index (χ0) is 13.1. The molecule has 1 heterocycles. The number of carbonyl (C=O) groups excluding carboxylic acids is 1. The van der Waals surface area contributed by atoms with Crippen LogP contribution in [0.4, 0.5) is 0 Å². The first kappa shape index (κ1) is 14.0. The number of hydrogen-bond donors (Lipinski definition) is 2. The van der Waals surface area contributed by atoms with Crippen LogP contribution in [0.1, 0.15) is 33.6 Å². The van der Waals surface area contributed by atoms with Crippen LogP contribution < -0.4 is 5.32 Å². The van der Waals surface area contributed by atoms with E-state index in [-0.39, 0.29) is 19.1 Å². The van der Waals surface area contributed by atoms with Crippen molar-refractivity contribution in [2.75, 3.05) is 13.2 Å². The van der Waals surface area contributed by atoms with E-state index in [2.05, 4.69) is 5.32 Å². The average Bonchev–Trinajstić information content (AvgIpc) is 2.59. The summed E-state index contributed by atoms with van der Waals surface area (Å²) in [5.74, 6) is -0.558. The first-order valence-electron chi connectivity index (χ1n) is 5.96. The number of ether oxygens (including phenoxy) is 1. The molecule has 0 bridgehead atoms. The lowest BCUT2D eigenvalue weighted by molar-refractivity contribution is -0.149. The number of amides is 1. The van der Waals surface area contributed by atoms with Crippen LogP contribution in [0, 0.1) is 11.3 Å². The molecule has 1 aliphatic rings. The van der Waals surface area contributed by atoms with Crippen molar-refractivity contribution in [1.82, 2.24) is 5.32 Å². The van der Waals surface area contributed by atoms with Crippen LogP contribution in [0.2, 0.25) is 0 Å². The Morgan fingerprint density at radius 3 is 2.71 bits per heavy atom. The van der Waals surface area contributed by atoms with E-state index in [1.807, 2.05) is 13.8 Å². The van der Waals surface area contributed by atoms with Gasteiger partial charge in [-0.2, -0.15) is 0 Å². The maximum absolute atomic E-state index is 11.7. The van der Waals surface area contributed by atoms with Crippen LogP contribution in [0.5, 0.6) is 0 Å². The summed E-state index contributed by atoms with van der Waals surface area (Å²) in [6, 6.07) is -0.431. The van der Waals surface area contributed by atoms with Gasteiger partial charge in [0.2, 0.25) is 5.91 Å². The monoisotopic (exact) mass is 243 g/mol. The van der Waals surface area contributed by atoms with E-state index >= 15 is 0 Å². The smallest absolute Gasteiger partial charge is 0.313 e. The lowest BCUT2D eigenvalue weighted by Gasteiger charge is -2.25. The highest BCUT2D eigenvalue weighted by Gasteiger charge is 2.47. The lowest BCUT2D eigenvalue weighted by Crippen LogP contribution is -2.49. The minimum absolute atomic E-state index is 0.0957. The largest absolute Gasteiger partial charge is 0.481 e. The Kier molecular flexibility index (Phi) is 4.51. The molecule has 2 atom stereocenters. The van der Waals surface area contributed by atoms with Gasteiger partial charge >= 0.3 is 5.97 Å². The summed E-state index contributed by atoms with van der Waals surface area (Å²) >= 11 is 0. The number of aliphatic carboxylic acids is 1. The Hall–Kier alpha value is -1.10. The Morgan fingerprint density at radius 2 is 2.18 bits per heavy atom. The molecule has 5 heteroatoms. The van der Waals surface area contributed by atoms with Gasteiger partial charge in [0.15, 0.2) is 0 Å². The van der Waals surface area contributed by atoms with Gasteiger partial charge in [-0.15, -0.1) is 0 Å². The predicted octanol–water partition coefficient (Wildman–Crippen LogP) is 1.03. The van der Waals surface area contributed by atoms with Crippen molar-refractivity contribution < 1.29 is 19.4 Å². The fourth-order valence-corrected chi connectivity index (χ4v) is 1.77. The highest BCUT2D eigenvalue weighted by atomic mass is 16.5. The molecule has 0 spiro atoms. The summed E-state index contributed by atoms with van der Waals surface area (Å²) in [5, 5.41) is 11.9. The third-order valence-electron chi connectivity index (χ3n) is 3.23. The quantitative estimate of drug-likeness (QED) is 0.756. The maximum Gasteiger partial charge on any atom is 0.313 e. The van der Waals surface area contributed by atoms with Crippen molar-refractivity contribution in [3.05, 3.63) is 0 Å². The molecule has 0 aliphatic carbocycles. The summed E-state index contributed by atoms with van der Waals surface area (Å²) in [5.41, 5.74) is -1.01. The van der Waals surface area contributed by atoms with Crippen molar-refractivity contribution in [2.24, 2.45) is 11.3 Å². The first-order chi connectivity index (χ1) is 7.86. The third kappa shape index (κ3) is 3.43. The summed E-state index contributed by atoms with van der Waals surface area (Å²) in [6.45, 7) is 6.13. The molecule has 5 nitrogen and oxygen atoms in total. The minimum Gasteiger partial charge on any atom is -0.481 e. The molecule has 0 aromatic carbocycles.